The van der Waals surface area contributed by atoms with Gasteiger partial charge in [-0.25, -0.2) is 4.39 Å². The Labute approximate surface area is 156 Å². The molecule has 0 aliphatic carbocycles. The maximum Gasteiger partial charge on any atom is 0.237 e. The van der Waals surface area contributed by atoms with Gasteiger partial charge in [0.05, 0.1) is 12.5 Å². The Kier molecular flexibility index (Phi) is 6.12. The van der Waals surface area contributed by atoms with Crippen molar-refractivity contribution in [2.45, 2.75) is 25.4 Å². The van der Waals surface area contributed by atoms with Gasteiger partial charge in [0.1, 0.15) is 18.0 Å². The molecule has 1 fully saturated rings. The Hall–Kier alpha value is -2.81. The Morgan fingerprint density at radius 2 is 2.30 bits per heavy atom. The molecule has 1 aromatic heterocycles. The number of aryl methyl sites for hydroxylation is 1. The van der Waals surface area contributed by atoms with E-state index >= 15 is 0 Å². The van der Waals surface area contributed by atoms with Crippen LogP contribution in [0.5, 0.6) is 0 Å². The van der Waals surface area contributed by atoms with Crippen LogP contribution in [-0.2, 0) is 29.6 Å². The SMILES string of the molecule is Cn1cnnc1CCNC(=O)C[C@H]1C(=O)NCCN1Cc1cccc(F)c1. The topological polar surface area (TPSA) is 92.1 Å². The van der Waals surface area contributed by atoms with Gasteiger partial charge in [-0.15, -0.1) is 10.2 Å². The standard InChI is InChI=1S/C18H23FN6O2/c1-24-12-22-23-16(24)5-6-20-17(26)10-15-18(27)21-7-8-25(15)11-13-3-2-4-14(19)9-13/h2-4,9,12,15H,5-8,10-11H2,1H3,(H,20,26)(H,21,27)/t15-/m0/s1. The first-order valence-corrected chi connectivity index (χ1v) is 8.88. The molecule has 2 amide bonds. The van der Waals surface area contributed by atoms with Crippen molar-refractivity contribution in [3.63, 3.8) is 0 Å². The summed E-state index contributed by atoms with van der Waals surface area (Å²) in [6, 6.07) is 5.71. The maximum absolute atomic E-state index is 13.4. The predicted octanol–water partition coefficient (Wildman–Crippen LogP) is 0.00360. The van der Waals surface area contributed by atoms with E-state index in [9.17, 15) is 14.0 Å². The van der Waals surface area contributed by atoms with E-state index in [4.69, 9.17) is 0 Å². The third-order valence-corrected chi connectivity index (χ3v) is 4.57. The number of halogens is 1. The van der Waals surface area contributed by atoms with Gasteiger partial charge in [0.25, 0.3) is 0 Å². The first-order chi connectivity index (χ1) is 13.0. The molecule has 2 heterocycles. The highest BCUT2D eigenvalue weighted by Crippen LogP contribution is 2.14. The molecule has 0 unspecified atom stereocenters. The minimum absolute atomic E-state index is 0.0555. The lowest BCUT2D eigenvalue weighted by Gasteiger charge is -2.34. The number of hydrogen-bond acceptors (Lipinski definition) is 5. The van der Waals surface area contributed by atoms with E-state index in [1.165, 1.54) is 12.1 Å². The molecule has 1 aliphatic heterocycles. The summed E-state index contributed by atoms with van der Waals surface area (Å²) in [5.74, 6) is 0.0787. The van der Waals surface area contributed by atoms with Crippen molar-refractivity contribution in [2.75, 3.05) is 19.6 Å². The smallest absolute Gasteiger partial charge is 0.237 e. The second-order valence-corrected chi connectivity index (χ2v) is 6.57. The quantitative estimate of drug-likeness (QED) is 0.712. The minimum atomic E-state index is -0.572. The van der Waals surface area contributed by atoms with E-state index in [0.717, 1.165) is 11.4 Å². The second-order valence-electron chi connectivity index (χ2n) is 6.57. The average Bonchev–Trinajstić information content (AvgIpc) is 3.03. The zero-order valence-corrected chi connectivity index (χ0v) is 15.2. The molecule has 0 saturated carbocycles. The lowest BCUT2D eigenvalue weighted by molar-refractivity contribution is -0.134. The molecule has 144 valence electrons. The molecule has 27 heavy (non-hydrogen) atoms. The number of carbonyl (C=O) groups is 2. The molecule has 0 bridgehead atoms. The molecule has 8 nitrogen and oxygen atoms in total. The highest BCUT2D eigenvalue weighted by atomic mass is 19.1. The fourth-order valence-electron chi connectivity index (χ4n) is 3.14. The summed E-state index contributed by atoms with van der Waals surface area (Å²) in [4.78, 5) is 26.5. The van der Waals surface area contributed by atoms with Gasteiger partial charge in [-0.1, -0.05) is 12.1 Å². The normalized spacial score (nSPS) is 17.6. The van der Waals surface area contributed by atoms with Crippen LogP contribution in [0, 0.1) is 5.82 Å². The summed E-state index contributed by atoms with van der Waals surface area (Å²) in [7, 11) is 1.84. The van der Waals surface area contributed by atoms with E-state index in [-0.39, 0.29) is 24.1 Å². The highest BCUT2D eigenvalue weighted by Gasteiger charge is 2.31. The molecule has 3 rings (SSSR count). The van der Waals surface area contributed by atoms with Crippen LogP contribution >= 0.6 is 0 Å². The van der Waals surface area contributed by atoms with Crippen LogP contribution in [-0.4, -0.2) is 57.2 Å². The summed E-state index contributed by atoms with van der Waals surface area (Å²) in [5, 5.41) is 13.4. The van der Waals surface area contributed by atoms with Crippen molar-refractivity contribution < 1.29 is 14.0 Å². The van der Waals surface area contributed by atoms with Crippen molar-refractivity contribution in [1.29, 1.82) is 0 Å². The zero-order valence-electron chi connectivity index (χ0n) is 15.2. The molecular formula is C18H23FN6O2. The van der Waals surface area contributed by atoms with Gasteiger partial charge in [-0.05, 0) is 17.7 Å². The first kappa shape index (κ1) is 19.0. The van der Waals surface area contributed by atoms with E-state index in [2.05, 4.69) is 20.8 Å². The van der Waals surface area contributed by atoms with E-state index in [1.807, 2.05) is 18.0 Å². The molecule has 9 heteroatoms. The highest BCUT2D eigenvalue weighted by molar-refractivity contribution is 5.88. The van der Waals surface area contributed by atoms with Crippen LogP contribution in [0.1, 0.15) is 17.8 Å². The third-order valence-electron chi connectivity index (χ3n) is 4.57. The van der Waals surface area contributed by atoms with Crippen LogP contribution in [0.15, 0.2) is 30.6 Å². The molecule has 1 aromatic carbocycles. The number of aromatic nitrogens is 3. The number of rotatable bonds is 7. The first-order valence-electron chi connectivity index (χ1n) is 8.88. The van der Waals surface area contributed by atoms with Crippen LogP contribution in [0.3, 0.4) is 0 Å². The lowest BCUT2D eigenvalue weighted by Crippen LogP contribution is -2.56. The van der Waals surface area contributed by atoms with Crippen molar-refractivity contribution in [3.8, 4) is 0 Å². The second kappa shape index (κ2) is 8.72. The van der Waals surface area contributed by atoms with Crippen LogP contribution in [0.25, 0.3) is 0 Å². The summed E-state index contributed by atoms with van der Waals surface area (Å²) in [6.07, 6.45) is 2.22. The number of piperazine rings is 1. The largest absolute Gasteiger partial charge is 0.356 e. The van der Waals surface area contributed by atoms with Crippen LogP contribution < -0.4 is 10.6 Å². The summed E-state index contributed by atoms with van der Waals surface area (Å²) < 4.78 is 15.2. The monoisotopic (exact) mass is 374 g/mol. The number of nitrogens with zero attached hydrogens (tertiary/aromatic N) is 4. The molecule has 0 radical (unpaired) electrons. The summed E-state index contributed by atoms with van der Waals surface area (Å²) in [6.45, 7) is 1.96. The van der Waals surface area contributed by atoms with Crippen LogP contribution in [0.4, 0.5) is 4.39 Å². The van der Waals surface area contributed by atoms with E-state index in [1.54, 1.807) is 17.0 Å². The Morgan fingerprint density at radius 1 is 1.44 bits per heavy atom. The summed E-state index contributed by atoms with van der Waals surface area (Å²) in [5.41, 5.74) is 0.775. The van der Waals surface area contributed by atoms with E-state index in [0.29, 0.717) is 32.6 Å². The molecule has 0 spiro atoms. The Morgan fingerprint density at radius 3 is 3.04 bits per heavy atom. The van der Waals surface area contributed by atoms with E-state index < -0.39 is 6.04 Å². The fourth-order valence-corrected chi connectivity index (χ4v) is 3.14. The van der Waals surface area contributed by atoms with Gasteiger partial charge in [-0.3, -0.25) is 14.5 Å². The lowest BCUT2D eigenvalue weighted by atomic mass is 10.1. The average molecular weight is 374 g/mol. The van der Waals surface area contributed by atoms with Gasteiger partial charge < -0.3 is 15.2 Å². The molecule has 1 aliphatic rings. The molecule has 1 atom stereocenters. The van der Waals surface area contributed by atoms with Crippen molar-refractivity contribution in [1.82, 2.24) is 30.3 Å². The van der Waals surface area contributed by atoms with Crippen molar-refractivity contribution >= 4 is 11.8 Å². The van der Waals surface area contributed by atoms with Gasteiger partial charge in [0, 0.05) is 39.6 Å². The molecule has 2 aromatic rings. The number of carbonyl (C=O) groups excluding carboxylic acids is 2. The predicted molar refractivity (Wildman–Crippen MR) is 95.9 cm³/mol. The Balaban J connectivity index is 1.55. The maximum atomic E-state index is 13.4. The minimum Gasteiger partial charge on any atom is -0.356 e. The van der Waals surface area contributed by atoms with Crippen LogP contribution in [0.2, 0.25) is 0 Å². The van der Waals surface area contributed by atoms with Crippen molar-refractivity contribution in [3.05, 3.63) is 47.8 Å². The number of amides is 2. The fraction of sp³-hybridized carbons (Fsp3) is 0.444. The number of hydrogen-bond donors (Lipinski definition) is 2. The Bertz CT molecular complexity index is 809. The molecule has 2 N–H and O–H groups in total. The van der Waals surface area contributed by atoms with Gasteiger partial charge in [0.15, 0.2) is 0 Å². The van der Waals surface area contributed by atoms with Gasteiger partial charge in [-0.2, -0.15) is 0 Å². The van der Waals surface area contributed by atoms with Gasteiger partial charge >= 0.3 is 0 Å². The van der Waals surface area contributed by atoms with Gasteiger partial charge in [0.2, 0.25) is 11.8 Å². The molecular weight excluding hydrogens is 351 g/mol. The number of nitrogens with one attached hydrogen (secondary N) is 2. The third kappa shape index (κ3) is 5.10. The number of benzene rings is 1. The summed E-state index contributed by atoms with van der Waals surface area (Å²) >= 11 is 0. The van der Waals surface area contributed by atoms with Crippen molar-refractivity contribution in [2.24, 2.45) is 7.05 Å². The molecule has 1 saturated heterocycles. The zero-order chi connectivity index (χ0) is 19.2.